The number of imidazole rings is 1. The number of hydrogen-bond donors (Lipinski definition) is 0. The molecule has 6 nitrogen and oxygen atoms in total. The topological polar surface area (TPSA) is 59.7 Å². The number of ether oxygens (including phenoxy) is 1. The van der Waals surface area contributed by atoms with Crippen molar-refractivity contribution in [1.82, 2.24) is 19.3 Å². The largest absolute Gasteiger partial charge is 0.493 e. The molecule has 0 aliphatic carbocycles. The number of carbonyl (C=O) groups excluding carboxylic acids is 1. The molecule has 1 aromatic carbocycles. The lowest BCUT2D eigenvalue weighted by Crippen LogP contribution is -2.42. The molecule has 1 aliphatic heterocycles. The Morgan fingerprint density at radius 2 is 2.15 bits per heavy atom. The number of amides is 1. The molecule has 0 radical (unpaired) electrons. The van der Waals surface area contributed by atoms with E-state index in [0.717, 1.165) is 19.4 Å². The number of rotatable bonds is 4. The lowest BCUT2D eigenvalue weighted by molar-refractivity contribution is 0.0625. The van der Waals surface area contributed by atoms with E-state index in [1.165, 1.54) is 12.1 Å². The maximum atomic E-state index is 13.1. The zero-order valence-corrected chi connectivity index (χ0v) is 15.1. The van der Waals surface area contributed by atoms with E-state index in [4.69, 9.17) is 4.74 Å². The Morgan fingerprint density at radius 3 is 2.96 bits per heavy atom. The molecule has 1 unspecified atom stereocenters. The van der Waals surface area contributed by atoms with Crippen molar-refractivity contribution in [3.63, 3.8) is 0 Å². The van der Waals surface area contributed by atoms with Gasteiger partial charge >= 0.3 is 0 Å². The number of likely N-dealkylation sites (tertiary alicyclic amines) is 1. The van der Waals surface area contributed by atoms with Crippen molar-refractivity contribution in [2.24, 2.45) is 5.92 Å². The summed E-state index contributed by atoms with van der Waals surface area (Å²) in [5.74, 6) is 1.11. The van der Waals surface area contributed by atoms with E-state index in [2.05, 4.69) is 9.97 Å². The van der Waals surface area contributed by atoms with E-state index >= 15 is 0 Å². The van der Waals surface area contributed by atoms with Gasteiger partial charge in [-0.2, -0.15) is 0 Å². The van der Waals surface area contributed by atoms with Crippen LogP contribution in [0.4, 0.5) is 4.39 Å². The smallest absolute Gasteiger partial charge is 0.272 e. The monoisotopic (exact) mass is 368 g/mol. The molecule has 1 fully saturated rings. The quantitative estimate of drug-likeness (QED) is 0.710. The Hall–Kier alpha value is -2.96. The first kappa shape index (κ1) is 17.5. The fraction of sp³-hybridized carbons (Fsp3) is 0.350. The third-order valence-corrected chi connectivity index (χ3v) is 4.89. The van der Waals surface area contributed by atoms with E-state index in [1.807, 2.05) is 18.0 Å². The summed E-state index contributed by atoms with van der Waals surface area (Å²) in [4.78, 5) is 23.6. The van der Waals surface area contributed by atoms with Crippen LogP contribution in [-0.2, 0) is 0 Å². The van der Waals surface area contributed by atoms with Gasteiger partial charge in [-0.25, -0.2) is 14.4 Å². The highest BCUT2D eigenvalue weighted by Gasteiger charge is 2.28. The SMILES string of the molecule is Cc1nc2ncccn2c1C(=O)N1CCCC(COc2ccc(F)cc2)C1. The predicted octanol–water partition coefficient (Wildman–Crippen LogP) is 3.11. The van der Waals surface area contributed by atoms with Crippen LogP contribution in [0.25, 0.3) is 5.78 Å². The minimum absolute atomic E-state index is 0.0283. The van der Waals surface area contributed by atoms with Crippen molar-refractivity contribution in [3.8, 4) is 5.75 Å². The van der Waals surface area contributed by atoms with Crippen LogP contribution in [0.2, 0.25) is 0 Å². The van der Waals surface area contributed by atoms with Crippen LogP contribution in [0.3, 0.4) is 0 Å². The van der Waals surface area contributed by atoms with Crippen LogP contribution in [0.5, 0.6) is 5.75 Å². The van der Waals surface area contributed by atoms with Crippen molar-refractivity contribution in [3.05, 3.63) is 59.9 Å². The summed E-state index contributed by atoms with van der Waals surface area (Å²) >= 11 is 0. The number of hydrogen-bond acceptors (Lipinski definition) is 4. The lowest BCUT2D eigenvalue weighted by Gasteiger charge is -2.32. The van der Waals surface area contributed by atoms with Crippen molar-refractivity contribution >= 4 is 11.7 Å². The predicted molar refractivity (Wildman–Crippen MR) is 98.2 cm³/mol. The summed E-state index contributed by atoms with van der Waals surface area (Å²) in [6.45, 7) is 3.69. The van der Waals surface area contributed by atoms with Crippen molar-refractivity contribution in [2.75, 3.05) is 19.7 Å². The molecule has 0 bridgehead atoms. The molecular formula is C20H21FN4O2. The molecule has 1 atom stereocenters. The molecule has 0 saturated carbocycles. The molecular weight excluding hydrogens is 347 g/mol. The molecule has 2 aromatic heterocycles. The number of nitrogens with zero attached hydrogens (tertiary/aromatic N) is 4. The van der Waals surface area contributed by atoms with Gasteiger partial charge in [0.25, 0.3) is 5.91 Å². The number of carbonyl (C=O) groups is 1. The third-order valence-electron chi connectivity index (χ3n) is 4.89. The van der Waals surface area contributed by atoms with Crippen LogP contribution >= 0.6 is 0 Å². The molecule has 1 aliphatic rings. The minimum Gasteiger partial charge on any atom is -0.493 e. The normalized spacial score (nSPS) is 17.3. The van der Waals surface area contributed by atoms with Gasteiger partial charge < -0.3 is 9.64 Å². The van der Waals surface area contributed by atoms with Crippen molar-refractivity contribution in [1.29, 1.82) is 0 Å². The number of piperidine rings is 1. The number of halogens is 1. The van der Waals surface area contributed by atoms with Crippen LogP contribution in [0.15, 0.2) is 42.7 Å². The standard InChI is InChI=1S/C20H21FN4O2/c1-14-18(25-11-3-9-22-20(25)23-14)19(26)24-10-2-4-15(12-24)13-27-17-7-5-16(21)6-8-17/h3,5-9,11,15H,2,4,10,12-13H2,1H3. The number of fused-ring (bicyclic) bond motifs is 1. The van der Waals surface area contributed by atoms with Gasteiger partial charge in [0.2, 0.25) is 5.78 Å². The van der Waals surface area contributed by atoms with Crippen LogP contribution in [0.1, 0.15) is 29.0 Å². The molecule has 140 valence electrons. The van der Waals surface area contributed by atoms with Gasteiger partial charge in [-0.3, -0.25) is 9.20 Å². The highest BCUT2D eigenvalue weighted by Crippen LogP contribution is 2.22. The summed E-state index contributed by atoms with van der Waals surface area (Å²) in [5, 5.41) is 0. The summed E-state index contributed by atoms with van der Waals surface area (Å²) in [5.41, 5.74) is 1.25. The Kier molecular flexibility index (Phi) is 4.75. The van der Waals surface area contributed by atoms with Gasteiger partial charge in [-0.1, -0.05) is 0 Å². The van der Waals surface area contributed by atoms with Crippen molar-refractivity contribution < 1.29 is 13.9 Å². The molecule has 3 aromatic rings. The van der Waals surface area contributed by atoms with Crippen LogP contribution < -0.4 is 4.74 Å². The second-order valence-electron chi connectivity index (χ2n) is 6.86. The maximum Gasteiger partial charge on any atom is 0.272 e. The molecule has 0 N–H and O–H groups in total. The Labute approximate surface area is 156 Å². The fourth-order valence-corrected chi connectivity index (χ4v) is 3.54. The number of benzene rings is 1. The Bertz CT molecular complexity index is 954. The minimum atomic E-state index is -0.283. The van der Waals surface area contributed by atoms with Crippen LogP contribution in [0, 0.1) is 18.7 Å². The zero-order chi connectivity index (χ0) is 18.8. The molecule has 3 heterocycles. The van der Waals surface area contributed by atoms with Crippen molar-refractivity contribution in [2.45, 2.75) is 19.8 Å². The van der Waals surface area contributed by atoms with Gasteiger partial charge in [-0.15, -0.1) is 0 Å². The summed E-state index contributed by atoms with van der Waals surface area (Å²) in [6, 6.07) is 7.80. The third kappa shape index (κ3) is 3.63. The summed E-state index contributed by atoms with van der Waals surface area (Å²) < 4.78 is 20.5. The van der Waals surface area contributed by atoms with Gasteiger partial charge in [0.15, 0.2) is 0 Å². The van der Waals surface area contributed by atoms with E-state index < -0.39 is 0 Å². The van der Waals surface area contributed by atoms with Gasteiger partial charge in [-0.05, 0) is 50.1 Å². The number of aromatic nitrogens is 3. The lowest BCUT2D eigenvalue weighted by atomic mass is 9.98. The average molecular weight is 368 g/mol. The van der Waals surface area contributed by atoms with E-state index in [-0.39, 0.29) is 17.6 Å². The first-order valence-corrected chi connectivity index (χ1v) is 9.09. The van der Waals surface area contributed by atoms with E-state index in [9.17, 15) is 9.18 Å². The average Bonchev–Trinajstić information content (AvgIpc) is 3.03. The van der Waals surface area contributed by atoms with E-state index in [0.29, 0.717) is 36.1 Å². The summed E-state index contributed by atoms with van der Waals surface area (Å²) in [6.07, 6.45) is 5.41. The van der Waals surface area contributed by atoms with E-state index in [1.54, 1.807) is 28.8 Å². The first-order chi connectivity index (χ1) is 13.1. The molecule has 0 spiro atoms. The Morgan fingerprint density at radius 1 is 1.33 bits per heavy atom. The first-order valence-electron chi connectivity index (χ1n) is 9.09. The second kappa shape index (κ2) is 7.34. The fourth-order valence-electron chi connectivity index (χ4n) is 3.54. The Balaban J connectivity index is 1.45. The van der Waals surface area contributed by atoms with Gasteiger partial charge in [0, 0.05) is 31.4 Å². The van der Waals surface area contributed by atoms with Gasteiger partial charge in [0.1, 0.15) is 17.3 Å². The highest BCUT2D eigenvalue weighted by atomic mass is 19.1. The highest BCUT2D eigenvalue weighted by molar-refractivity contribution is 5.94. The molecule has 1 saturated heterocycles. The summed E-state index contributed by atoms with van der Waals surface area (Å²) in [7, 11) is 0. The maximum absolute atomic E-state index is 13.1. The molecule has 4 rings (SSSR count). The number of aryl methyl sites for hydroxylation is 1. The zero-order valence-electron chi connectivity index (χ0n) is 15.1. The molecule has 7 heteroatoms. The second-order valence-corrected chi connectivity index (χ2v) is 6.86. The molecule has 1 amide bonds. The molecule has 27 heavy (non-hydrogen) atoms. The van der Waals surface area contributed by atoms with Crippen LogP contribution in [-0.4, -0.2) is 44.9 Å². The van der Waals surface area contributed by atoms with Gasteiger partial charge in [0.05, 0.1) is 12.3 Å².